The van der Waals surface area contributed by atoms with Gasteiger partial charge in [-0.05, 0) is 25.0 Å². The molecule has 0 aliphatic rings. The molecule has 22 heavy (non-hydrogen) atoms. The summed E-state index contributed by atoms with van der Waals surface area (Å²) in [5.41, 5.74) is 6.94. The number of para-hydroxylation sites is 1. The molecule has 5 nitrogen and oxygen atoms in total. The smallest absolute Gasteiger partial charge is 0.254 e. The maximum atomic E-state index is 12.4. The first-order valence-electron chi connectivity index (χ1n) is 7.27. The molecule has 0 unspecified atom stereocenters. The SMILES string of the molecule is CCC(CC)(CN)NC(=O)c1cnn(-c2ccccc2)c1.Cl. The van der Waals surface area contributed by atoms with Crippen LogP contribution in [0.25, 0.3) is 5.69 Å². The van der Waals surface area contributed by atoms with E-state index in [0.29, 0.717) is 12.1 Å². The Labute approximate surface area is 137 Å². The first-order valence-corrected chi connectivity index (χ1v) is 7.27. The number of hydrogen-bond donors (Lipinski definition) is 2. The van der Waals surface area contributed by atoms with Gasteiger partial charge in [0.25, 0.3) is 5.91 Å². The number of nitrogens with zero attached hydrogens (tertiary/aromatic N) is 2. The molecule has 1 heterocycles. The van der Waals surface area contributed by atoms with E-state index < -0.39 is 0 Å². The van der Waals surface area contributed by atoms with E-state index >= 15 is 0 Å². The predicted molar refractivity (Wildman–Crippen MR) is 90.6 cm³/mol. The molecule has 0 aliphatic carbocycles. The van der Waals surface area contributed by atoms with E-state index in [1.54, 1.807) is 17.1 Å². The second-order valence-electron chi connectivity index (χ2n) is 5.15. The minimum atomic E-state index is -0.341. The largest absolute Gasteiger partial charge is 0.345 e. The lowest BCUT2D eigenvalue weighted by atomic mass is 9.92. The molecule has 3 N–H and O–H groups in total. The highest BCUT2D eigenvalue weighted by atomic mass is 35.5. The Hall–Kier alpha value is -1.85. The first-order chi connectivity index (χ1) is 10.1. The molecule has 1 amide bonds. The summed E-state index contributed by atoms with van der Waals surface area (Å²) in [5.74, 6) is -0.133. The number of halogens is 1. The molecule has 6 heteroatoms. The van der Waals surface area contributed by atoms with Crippen molar-refractivity contribution >= 4 is 18.3 Å². The van der Waals surface area contributed by atoms with Crippen LogP contribution in [0.5, 0.6) is 0 Å². The van der Waals surface area contributed by atoms with E-state index in [1.165, 1.54) is 0 Å². The van der Waals surface area contributed by atoms with Gasteiger partial charge in [0.15, 0.2) is 0 Å². The van der Waals surface area contributed by atoms with Crippen molar-refractivity contribution in [3.8, 4) is 5.69 Å². The molecule has 0 aliphatic heterocycles. The van der Waals surface area contributed by atoms with Gasteiger partial charge in [0, 0.05) is 12.7 Å². The highest BCUT2D eigenvalue weighted by Gasteiger charge is 2.27. The normalized spacial score (nSPS) is 10.9. The maximum Gasteiger partial charge on any atom is 0.254 e. The number of aromatic nitrogens is 2. The van der Waals surface area contributed by atoms with E-state index in [2.05, 4.69) is 10.4 Å². The van der Waals surface area contributed by atoms with Crippen LogP contribution in [-0.2, 0) is 0 Å². The fraction of sp³-hybridized carbons (Fsp3) is 0.375. The number of benzene rings is 1. The van der Waals surface area contributed by atoms with Gasteiger partial charge in [-0.3, -0.25) is 4.79 Å². The Morgan fingerprint density at radius 1 is 1.27 bits per heavy atom. The Morgan fingerprint density at radius 2 is 1.91 bits per heavy atom. The minimum Gasteiger partial charge on any atom is -0.345 e. The molecule has 0 bridgehead atoms. The zero-order chi connectivity index (χ0) is 15.3. The van der Waals surface area contributed by atoms with Gasteiger partial charge >= 0.3 is 0 Å². The van der Waals surface area contributed by atoms with Crippen LogP contribution in [0.1, 0.15) is 37.0 Å². The fourth-order valence-corrected chi connectivity index (χ4v) is 2.24. The van der Waals surface area contributed by atoms with Gasteiger partial charge in [-0.15, -0.1) is 12.4 Å². The average molecular weight is 323 g/mol. The molecule has 0 saturated carbocycles. The van der Waals surface area contributed by atoms with Crippen molar-refractivity contribution < 1.29 is 4.79 Å². The molecule has 1 aromatic carbocycles. The Bertz CT molecular complexity index is 585. The molecular weight excluding hydrogens is 300 g/mol. The van der Waals surface area contributed by atoms with Crippen LogP contribution < -0.4 is 11.1 Å². The summed E-state index contributed by atoms with van der Waals surface area (Å²) in [4.78, 5) is 12.4. The lowest BCUT2D eigenvalue weighted by Gasteiger charge is -2.31. The van der Waals surface area contributed by atoms with E-state index in [0.717, 1.165) is 18.5 Å². The van der Waals surface area contributed by atoms with Crippen molar-refractivity contribution in [1.29, 1.82) is 0 Å². The first kappa shape index (κ1) is 18.2. The molecule has 1 aromatic heterocycles. The van der Waals surface area contributed by atoms with Gasteiger partial charge in [-0.25, -0.2) is 4.68 Å². The number of nitrogens with one attached hydrogen (secondary N) is 1. The van der Waals surface area contributed by atoms with E-state index in [1.807, 2.05) is 44.2 Å². The maximum absolute atomic E-state index is 12.4. The second-order valence-corrected chi connectivity index (χ2v) is 5.15. The number of carbonyl (C=O) groups is 1. The van der Waals surface area contributed by atoms with Crippen LogP contribution in [0, 0.1) is 0 Å². The zero-order valence-electron chi connectivity index (χ0n) is 13.0. The lowest BCUT2D eigenvalue weighted by Crippen LogP contribution is -2.52. The summed E-state index contributed by atoms with van der Waals surface area (Å²) in [6.45, 7) is 4.49. The zero-order valence-corrected chi connectivity index (χ0v) is 13.8. The van der Waals surface area contributed by atoms with Crippen molar-refractivity contribution in [2.24, 2.45) is 5.73 Å². The fourth-order valence-electron chi connectivity index (χ4n) is 2.24. The summed E-state index contributed by atoms with van der Waals surface area (Å²) in [6.07, 6.45) is 4.92. The van der Waals surface area contributed by atoms with Gasteiger partial charge in [0.05, 0.1) is 23.0 Å². The van der Waals surface area contributed by atoms with Gasteiger partial charge in [-0.1, -0.05) is 32.0 Å². The summed E-state index contributed by atoms with van der Waals surface area (Å²) in [6, 6.07) is 9.70. The van der Waals surface area contributed by atoms with E-state index in [4.69, 9.17) is 5.73 Å². The third-order valence-electron chi connectivity index (χ3n) is 3.99. The van der Waals surface area contributed by atoms with Crippen molar-refractivity contribution in [1.82, 2.24) is 15.1 Å². The third kappa shape index (κ3) is 3.87. The predicted octanol–water partition coefficient (Wildman–Crippen LogP) is 2.54. The Balaban J connectivity index is 0.00000242. The molecule has 2 aromatic rings. The minimum absolute atomic E-state index is 0. The van der Waals surface area contributed by atoms with Gasteiger partial charge in [-0.2, -0.15) is 5.10 Å². The summed E-state index contributed by atoms with van der Waals surface area (Å²) in [5, 5.41) is 7.28. The summed E-state index contributed by atoms with van der Waals surface area (Å²) < 4.78 is 1.69. The van der Waals surface area contributed by atoms with Crippen molar-refractivity contribution in [3.63, 3.8) is 0 Å². The van der Waals surface area contributed by atoms with Crippen LogP contribution in [0.2, 0.25) is 0 Å². The molecule has 0 atom stereocenters. The van der Waals surface area contributed by atoms with E-state index in [-0.39, 0.29) is 23.9 Å². The Kier molecular flexibility index (Phi) is 6.59. The summed E-state index contributed by atoms with van der Waals surface area (Å²) >= 11 is 0. The lowest BCUT2D eigenvalue weighted by molar-refractivity contribution is 0.0895. The van der Waals surface area contributed by atoms with Crippen molar-refractivity contribution in [3.05, 3.63) is 48.3 Å². The molecular formula is C16H23ClN4O. The van der Waals surface area contributed by atoms with E-state index in [9.17, 15) is 4.79 Å². The monoisotopic (exact) mass is 322 g/mol. The third-order valence-corrected chi connectivity index (χ3v) is 3.99. The number of carbonyl (C=O) groups excluding carboxylic acids is 1. The topological polar surface area (TPSA) is 72.9 Å². The highest BCUT2D eigenvalue weighted by molar-refractivity contribution is 5.94. The van der Waals surface area contributed by atoms with Crippen LogP contribution in [-0.4, -0.2) is 27.8 Å². The van der Waals surface area contributed by atoms with Crippen LogP contribution in [0.3, 0.4) is 0 Å². The van der Waals surface area contributed by atoms with Crippen molar-refractivity contribution in [2.75, 3.05) is 6.54 Å². The molecule has 0 spiro atoms. The van der Waals surface area contributed by atoms with Crippen LogP contribution in [0.4, 0.5) is 0 Å². The molecule has 0 radical (unpaired) electrons. The highest BCUT2D eigenvalue weighted by Crippen LogP contribution is 2.15. The van der Waals surface area contributed by atoms with Crippen molar-refractivity contribution in [2.45, 2.75) is 32.2 Å². The standard InChI is InChI=1S/C16H22N4O.ClH/c1-3-16(4-2,12-17)19-15(21)13-10-18-20(11-13)14-8-6-5-7-9-14;/h5-11H,3-4,12,17H2,1-2H3,(H,19,21);1H. The Morgan fingerprint density at radius 3 is 2.45 bits per heavy atom. The average Bonchev–Trinajstić information content (AvgIpc) is 3.04. The number of hydrogen-bond acceptors (Lipinski definition) is 3. The van der Waals surface area contributed by atoms with Gasteiger partial charge < -0.3 is 11.1 Å². The van der Waals surface area contributed by atoms with Crippen LogP contribution >= 0.6 is 12.4 Å². The number of amides is 1. The number of rotatable bonds is 6. The quantitative estimate of drug-likeness (QED) is 0.858. The molecule has 120 valence electrons. The number of nitrogens with two attached hydrogens (primary N) is 1. The summed E-state index contributed by atoms with van der Waals surface area (Å²) in [7, 11) is 0. The van der Waals surface area contributed by atoms with Crippen LogP contribution in [0.15, 0.2) is 42.7 Å². The molecule has 0 fully saturated rings. The van der Waals surface area contributed by atoms with Gasteiger partial charge in [0.1, 0.15) is 0 Å². The molecule has 2 rings (SSSR count). The van der Waals surface area contributed by atoms with Gasteiger partial charge in [0.2, 0.25) is 0 Å². The molecule has 0 saturated heterocycles. The second kappa shape index (κ2) is 7.96.